The maximum atomic E-state index is 4.49. The summed E-state index contributed by atoms with van der Waals surface area (Å²) in [5.74, 6) is 0. The maximum Gasteiger partial charge on any atom is 0.0862 e. The van der Waals surface area contributed by atoms with Crippen molar-refractivity contribution in [2.75, 3.05) is 0 Å². The predicted molar refractivity (Wildman–Crippen MR) is 120 cm³/mol. The van der Waals surface area contributed by atoms with Crippen molar-refractivity contribution < 1.29 is 0 Å². The topological polar surface area (TPSA) is 24.7 Å². The van der Waals surface area contributed by atoms with Crippen LogP contribution in [0.25, 0.3) is 11.1 Å². The van der Waals surface area contributed by atoms with Crippen LogP contribution in [0.4, 0.5) is 11.4 Å². The van der Waals surface area contributed by atoms with Crippen molar-refractivity contribution in [1.29, 1.82) is 0 Å². The van der Waals surface area contributed by atoms with Crippen LogP contribution in [-0.2, 0) is 5.41 Å². The van der Waals surface area contributed by atoms with Gasteiger partial charge in [-0.1, -0.05) is 51.1 Å². The zero-order valence-electron chi connectivity index (χ0n) is 18.1. The van der Waals surface area contributed by atoms with Gasteiger partial charge in [0, 0.05) is 0 Å². The third-order valence-electron chi connectivity index (χ3n) is 5.26. The van der Waals surface area contributed by atoms with Gasteiger partial charge in [-0.15, -0.1) is 0 Å². The van der Waals surface area contributed by atoms with Gasteiger partial charge in [0.2, 0.25) is 0 Å². The molecule has 0 atom stereocenters. The standard InChI is InChI=1S/C26H30N2/c1-17-9-8-10-18(2)24(17)25-19(3)15-23(16-20(25)4)28-27-22-13-11-21(12-14-22)26(5,6)7/h8-16H,1-7H3. The lowest BCUT2D eigenvalue weighted by molar-refractivity contribution is 0.590. The minimum atomic E-state index is 0.146. The Balaban J connectivity index is 1.92. The van der Waals surface area contributed by atoms with Gasteiger partial charge in [-0.25, -0.2) is 0 Å². The van der Waals surface area contributed by atoms with Gasteiger partial charge in [-0.3, -0.25) is 0 Å². The normalized spacial score (nSPS) is 12.0. The Bertz CT molecular complexity index is 976. The van der Waals surface area contributed by atoms with E-state index in [0.717, 1.165) is 11.4 Å². The molecule has 2 heteroatoms. The number of aryl methyl sites for hydroxylation is 4. The molecule has 0 aliphatic carbocycles. The monoisotopic (exact) mass is 370 g/mol. The molecule has 0 unspecified atom stereocenters. The van der Waals surface area contributed by atoms with Crippen molar-refractivity contribution in [3.05, 3.63) is 82.4 Å². The molecule has 2 nitrogen and oxygen atoms in total. The SMILES string of the molecule is Cc1cccc(C)c1-c1c(C)cc(N=Nc2ccc(C(C)(C)C)cc2)cc1C. The van der Waals surface area contributed by atoms with Gasteiger partial charge in [-0.2, -0.15) is 10.2 Å². The molecule has 0 amide bonds. The summed E-state index contributed by atoms with van der Waals surface area (Å²) in [4.78, 5) is 0. The molecule has 0 N–H and O–H groups in total. The number of nitrogens with zero attached hydrogens (tertiary/aromatic N) is 2. The van der Waals surface area contributed by atoms with E-state index >= 15 is 0 Å². The Kier molecular flexibility index (Phi) is 5.51. The molecule has 0 saturated heterocycles. The van der Waals surface area contributed by atoms with E-state index in [1.54, 1.807) is 0 Å². The summed E-state index contributed by atoms with van der Waals surface area (Å²) in [6.45, 7) is 15.3. The molecule has 0 radical (unpaired) electrons. The highest BCUT2D eigenvalue weighted by Crippen LogP contribution is 2.35. The van der Waals surface area contributed by atoms with Crippen LogP contribution in [0.3, 0.4) is 0 Å². The van der Waals surface area contributed by atoms with E-state index in [2.05, 4.69) is 101 Å². The minimum absolute atomic E-state index is 0.146. The Labute approximate surface area is 169 Å². The third kappa shape index (κ3) is 4.22. The first kappa shape index (κ1) is 20.0. The van der Waals surface area contributed by atoms with E-state index in [4.69, 9.17) is 0 Å². The summed E-state index contributed by atoms with van der Waals surface area (Å²) in [5, 5.41) is 8.94. The molecular formula is C26H30N2. The Morgan fingerprint density at radius 3 is 1.54 bits per heavy atom. The zero-order chi connectivity index (χ0) is 20.5. The fourth-order valence-electron chi connectivity index (χ4n) is 3.75. The van der Waals surface area contributed by atoms with E-state index in [1.165, 1.54) is 38.9 Å². The first-order valence-corrected chi connectivity index (χ1v) is 9.87. The van der Waals surface area contributed by atoms with Crippen LogP contribution in [0.2, 0.25) is 0 Å². The lowest BCUT2D eigenvalue weighted by atomic mass is 9.87. The average Bonchev–Trinajstić information content (AvgIpc) is 2.61. The third-order valence-corrected chi connectivity index (χ3v) is 5.26. The van der Waals surface area contributed by atoms with Gasteiger partial charge in [0.25, 0.3) is 0 Å². The molecule has 0 fully saturated rings. The van der Waals surface area contributed by atoms with Crippen LogP contribution in [-0.4, -0.2) is 0 Å². The van der Waals surface area contributed by atoms with Crippen molar-refractivity contribution in [3.63, 3.8) is 0 Å². The van der Waals surface area contributed by atoms with Gasteiger partial charge in [0.15, 0.2) is 0 Å². The van der Waals surface area contributed by atoms with Crippen LogP contribution in [0.5, 0.6) is 0 Å². The highest BCUT2D eigenvalue weighted by Gasteiger charge is 2.13. The van der Waals surface area contributed by atoms with E-state index in [0.29, 0.717) is 0 Å². The Morgan fingerprint density at radius 1 is 0.571 bits per heavy atom. The zero-order valence-corrected chi connectivity index (χ0v) is 18.1. The van der Waals surface area contributed by atoms with Gasteiger partial charge in [0.1, 0.15) is 0 Å². The highest BCUT2D eigenvalue weighted by molar-refractivity contribution is 5.78. The van der Waals surface area contributed by atoms with E-state index in [1.807, 2.05) is 12.1 Å². The predicted octanol–water partition coefficient (Wildman–Crippen LogP) is 8.30. The lowest BCUT2D eigenvalue weighted by Gasteiger charge is -2.18. The molecule has 0 aliphatic heterocycles. The van der Waals surface area contributed by atoms with Crippen molar-refractivity contribution >= 4 is 11.4 Å². The number of rotatable bonds is 3. The number of benzene rings is 3. The first-order chi connectivity index (χ1) is 13.2. The van der Waals surface area contributed by atoms with Gasteiger partial charge in [-0.05, 0) is 96.3 Å². The molecule has 3 aromatic carbocycles. The molecule has 3 aromatic rings. The van der Waals surface area contributed by atoms with Crippen LogP contribution in [0.15, 0.2) is 64.8 Å². The van der Waals surface area contributed by atoms with Gasteiger partial charge in [0.05, 0.1) is 11.4 Å². The lowest BCUT2D eigenvalue weighted by Crippen LogP contribution is -2.10. The van der Waals surface area contributed by atoms with E-state index in [9.17, 15) is 0 Å². The quantitative estimate of drug-likeness (QED) is 0.414. The summed E-state index contributed by atoms with van der Waals surface area (Å²) in [7, 11) is 0. The van der Waals surface area contributed by atoms with E-state index in [-0.39, 0.29) is 5.41 Å². The molecule has 0 aromatic heterocycles. The second kappa shape index (κ2) is 7.71. The largest absolute Gasteiger partial charge is 0.151 e. The Morgan fingerprint density at radius 2 is 1.04 bits per heavy atom. The number of hydrogen-bond acceptors (Lipinski definition) is 2. The van der Waals surface area contributed by atoms with Crippen molar-refractivity contribution in [1.82, 2.24) is 0 Å². The summed E-state index contributed by atoms with van der Waals surface area (Å²) in [6, 6.07) is 19.1. The number of hydrogen-bond donors (Lipinski definition) is 0. The second-order valence-corrected chi connectivity index (χ2v) is 8.72. The second-order valence-electron chi connectivity index (χ2n) is 8.72. The van der Waals surface area contributed by atoms with Crippen LogP contribution < -0.4 is 0 Å². The highest BCUT2D eigenvalue weighted by atomic mass is 15.1. The molecular weight excluding hydrogens is 340 g/mol. The van der Waals surface area contributed by atoms with E-state index < -0.39 is 0 Å². The van der Waals surface area contributed by atoms with Crippen LogP contribution >= 0.6 is 0 Å². The van der Waals surface area contributed by atoms with Crippen molar-refractivity contribution in [3.8, 4) is 11.1 Å². The molecule has 0 spiro atoms. The molecule has 0 saturated carbocycles. The smallest absolute Gasteiger partial charge is 0.0862 e. The molecule has 144 valence electrons. The Hall–Kier alpha value is -2.74. The number of azo groups is 1. The summed E-state index contributed by atoms with van der Waals surface area (Å²) < 4.78 is 0. The van der Waals surface area contributed by atoms with Crippen molar-refractivity contribution in [2.24, 2.45) is 10.2 Å². The van der Waals surface area contributed by atoms with Gasteiger partial charge >= 0.3 is 0 Å². The molecule has 0 aliphatic rings. The minimum Gasteiger partial charge on any atom is -0.151 e. The fourth-order valence-corrected chi connectivity index (χ4v) is 3.75. The maximum absolute atomic E-state index is 4.49. The molecule has 28 heavy (non-hydrogen) atoms. The fraction of sp³-hybridized carbons (Fsp3) is 0.308. The summed E-state index contributed by atoms with van der Waals surface area (Å²) in [6.07, 6.45) is 0. The van der Waals surface area contributed by atoms with Crippen molar-refractivity contribution in [2.45, 2.75) is 53.9 Å². The first-order valence-electron chi connectivity index (χ1n) is 9.87. The van der Waals surface area contributed by atoms with Crippen LogP contribution in [0.1, 0.15) is 48.6 Å². The van der Waals surface area contributed by atoms with Crippen LogP contribution in [0, 0.1) is 27.7 Å². The molecule has 3 rings (SSSR count). The summed E-state index contributed by atoms with van der Waals surface area (Å²) in [5.41, 5.74) is 10.9. The van der Waals surface area contributed by atoms with Gasteiger partial charge < -0.3 is 0 Å². The summed E-state index contributed by atoms with van der Waals surface area (Å²) >= 11 is 0. The molecule has 0 bridgehead atoms. The average molecular weight is 371 g/mol. The molecule has 0 heterocycles.